The second kappa shape index (κ2) is 8.05. The van der Waals surface area contributed by atoms with Gasteiger partial charge >= 0.3 is 0 Å². The summed E-state index contributed by atoms with van der Waals surface area (Å²) in [7, 11) is 2.02. The first-order chi connectivity index (χ1) is 6.57. The van der Waals surface area contributed by atoms with E-state index in [1.807, 2.05) is 7.05 Å². The summed E-state index contributed by atoms with van der Waals surface area (Å²) in [4.78, 5) is 0. The molecule has 0 radical (unpaired) electrons. The minimum Gasteiger partial charge on any atom is -0.320 e. The molecule has 0 aromatic carbocycles. The van der Waals surface area contributed by atoms with Gasteiger partial charge in [-0.15, -0.1) is 0 Å². The second-order valence-corrected chi connectivity index (χ2v) is 4.79. The Morgan fingerprint density at radius 2 is 1.79 bits per heavy atom. The zero-order valence-corrected chi connectivity index (χ0v) is 10.5. The Kier molecular flexibility index (Phi) is 7.87. The molecule has 2 unspecified atom stereocenters. The van der Waals surface area contributed by atoms with E-state index < -0.39 is 0 Å². The van der Waals surface area contributed by atoms with Crippen molar-refractivity contribution in [1.82, 2.24) is 5.32 Å². The summed E-state index contributed by atoms with van der Waals surface area (Å²) in [5.74, 6) is 2.28. The smallest absolute Gasteiger partial charge is 0.00492 e. The van der Waals surface area contributed by atoms with Crippen LogP contribution in [0.25, 0.3) is 0 Å². The summed E-state index contributed by atoms with van der Waals surface area (Å²) < 4.78 is 0. The molecule has 0 bridgehead atoms. The fourth-order valence-electron chi connectivity index (χ4n) is 1.39. The zero-order chi connectivity index (χ0) is 11.0. The average Bonchev–Trinajstić information content (AvgIpc) is 2.13. The van der Waals surface area contributed by atoms with Gasteiger partial charge in [0.05, 0.1) is 0 Å². The van der Waals surface area contributed by atoms with Crippen LogP contribution in [0.15, 0.2) is 12.2 Å². The minimum absolute atomic E-state index is 0.710. The first-order valence-electron chi connectivity index (χ1n) is 5.89. The fraction of sp³-hybridized carbons (Fsp3) is 0.846. The minimum atomic E-state index is 0.710. The van der Waals surface area contributed by atoms with Crippen LogP contribution in [-0.2, 0) is 0 Å². The van der Waals surface area contributed by atoms with Crippen molar-refractivity contribution >= 4 is 0 Å². The number of rotatable bonds is 7. The molecule has 0 aliphatic rings. The first-order valence-corrected chi connectivity index (χ1v) is 5.89. The number of hydrogen-bond donors (Lipinski definition) is 1. The van der Waals surface area contributed by atoms with Crippen molar-refractivity contribution in [3.8, 4) is 0 Å². The maximum absolute atomic E-state index is 3.20. The Hall–Kier alpha value is -0.300. The Labute approximate surface area is 90.0 Å². The van der Waals surface area contributed by atoms with E-state index in [0.717, 1.165) is 18.4 Å². The molecule has 0 heterocycles. The van der Waals surface area contributed by atoms with Gasteiger partial charge in [0.2, 0.25) is 0 Å². The highest BCUT2D eigenvalue weighted by molar-refractivity contribution is 4.89. The van der Waals surface area contributed by atoms with Crippen LogP contribution < -0.4 is 5.32 Å². The summed E-state index contributed by atoms with van der Waals surface area (Å²) in [6.45, 7) is 10.3. The molecule has 0 fully saturated rings. The van der Waals surface area contributed by atoms with Gasteiger partial charge < -0.3 is 5.32 Å². The molecule has 0 aromatic rings. The second-order valence-electron chi connectivity index (χ2n) is 4.79. The van der Waals surface area contributed by atoms with Crippen LogP contribution >= 0.6 is 0 Å². The predicted molar refractivity (Wildman–Crippen MR) is 65.5 cm³/mol. The van der Waals surface area contributed by atoms with E-state index in [1.54, 1.807) is 0 Å². The van der Waals surface area contributed by atoms with Gasteiger partial charge in [-0.3, -0.25) is 0 Å². The highest BCUT2D eigenvalue weighted by Crippen LogP contribution is 2.16. The van der Waals surface area contributed by atoms with Gasteiger partial charge in [0, 0.05) is 0 Å². The van der Waals surface area contributed by atoms with Gasteiger partial charge in [-0.2, -0.15) is 0 Å². The number of hydrogen-bond acceptors (Lipinski definition) is 1. The van der Waals surface area contributed by atoms with Gasteiger partial charge in [-0.25, -0.2) is 0 Å². The lowest BCUT2D eigenvalue weighted by atomic mass is 9.92. The third-order valence-corrected chi connectivity index (χ3v) is 2.79. The maximum atomic E-state index is 3.20. The number of allylic oxidation sites excluding steroid dienone is 2. The van der Waals surface area contributed by atoms with E-state index >= 15 is 0 Å². The molecule has 0 amide bonds. The van der Waals surface area contributed by atoms with Crippen LogP contribution in [0.1, 0.15) is 40.5 Å². The van der Waals surface area contributed by atoms with Gasteiger partial charge in [-0.05, 0) is 44.2 Å². The molecule has 2 atom stereocenters. The lowest BCUT2D eigenvalue weighted by molar-refractivity contribution is 0.421. The highest BCUT2D eigenvalue weighted by atomic mass is 14.8. The van der Waals surface area contributed by atoms with Crippen molar-refractivity contribution in [2.45, 2.75) is 40.5 Å². The maximum Gasteiger partial charge on any atom is -0.00492 e. The third kappa shape index (κ3) is 7.14. The monoisotopic (exact) mass is 197 g/mol. The van der Waals surface area contributed by atoms with Crippen molar-refractivity contribution in [3.05, 3.63) is 12.2 Å². The molecular formula is C13H27N. The molecule has 1 heteroatoms. The topological polar surface area (TPSA) is 12.0 Å². The predicted octanol–water partition coefficient (Wildman–Crippen LogP) is 3.47. The highest BCUT2D eigenvalue weighted by Gasteiger charge is 2.07. The fourth-order valence-corrected chi connectivity index (χ4v) is 1.39. The summed E-state index contributed by atoms with van der Waals surface area (Å²) in [5.41, 5.74) is 0. The summed E-state index contributed by atoms with van der Waals surface area (Å²) in [6.07, 6.45) is 7.19. The summed E-state index contributed by atoms with van der Waals surface area (Å²) in [6, 6.07) is 0. The van der Waals surface area contributed by atoms with Crippen molar-refractivity contribution in [1.29, 1.82) is 0 Å². The molecule has 0 aliphatic carbocycles. The Balaban J connectivity index is 3.70. The van der Waals surface area contributed by atoms with E-state index in [0.29, 0.717) is 5.92 Å². The average molecular weight is 197 g/mol. The van der Waals surface area contributed by atoms with Crippen LogP contribution in [0.3, 0.4) is 0 Å². The van der Waals surface area contributed by atoms with Gasteiger partial charge in [0.1, 0.15) is 0 Å². The lowest BCUT2D eigenvalue weighted by Crippen LogP contribution is -2.15. The van der Waals surface area contributed by atoms with E-state index in [2.05, 4.69) is 45.2 Å². The Morgan fingerprint density at radius 1 is 1.14 bits per heavy atom. The Morgan fingerprint density at radius 3 is 2.29 bits per heavy atom. The standard InChI is InChI=1S/C13H27N/c1-11(2)7-6-8-12(3)13(4)9-10-14-5/h6,8,11-14H,7,9-10H2,1-5H3. The van der Waals surface area contributed by atoms with E-state index in [1.165, 1.54) is 12.8 Å². The van der Waals surface area contributed by atoms with Crippen molar-refractivity contribution in [3.63, 3.8) is 0 Å². The van der Waals surface area contributed by atoms with Crippen molar-refractivity contribution in [2.24, 2.45) is 17.8 Å². The molecule has 0 saturated carbocycles. The SMILES string of the molecule is CNCCC(C)C(C)C=CCC(C)C. The molecular weight excluding hydrogens is 170 g/mol. The molecule has 84 valence electrons. The molecule has 0 saturated heterocycles. The normalized spacial score (nSPS) is 16.4. The van der Waals surface area contributed by atoms with Crippen molar-refractivity contribution < 1.29 is 0 Å². The quantitative estimate of drug-likeness (QED) is 0.616. The van der Waals surface area contributed by atoms with Crippen LogP contribution in [0, 0.1) is 17.8 Å². The van der Waals surface area contributed by atoms with E-state index in [-0.39, 0.29) is 0 Å². The van der Waals surface area contributed by atoms with E-state index in [9.17, 15) is 0 Å². The van der Waals surface area contributed by atoms with Crippen LogP contribution in [0.4, 0.5) is 0 Å². The van der Waals surface area contributed by atoms with Gasteiger partial charge in [0.15, 0.2) is 0 Å². The molecule has 0 aromatic heterocycles. The Bertz CT molecular complexity index is 149. The molecule has 1 nitrogen and oxygen atoms in total. The first kappa shape index (κ1) is 13.7. The van der Waals surface area contributed by atoms with Crippen molar-refractivity contribution in [2.75, 3.05) is 13.6 Å². The van der Waals surface area contributed by atoms with Gasteiger partial charge in [0.25, 0.3) is 0 Å². The third-order valence-electron chi connectivity index (χ3n) is 2.79. The van der Waals surface area contributed by atoms with E-state index in [4.69, 9.17) is 0 Å². The molecule has 0 rings (SSSR count). The molecule has 0 spiro atoms. The molecule has 1 N–H and O–H groups in total. The van der Waals surface area contributed by atoms with Crippen LogP contribution in [-0.4, -0.2) is 13.6 Å². The van der Waals surface area contributed by atoms with Crippen LogP contribution in [0.5, 0.6) is 0 Å². The largest absolute Gasteiger partial charge is 0.320 e. The zero-order valence-electron chi connectivity index (χ0n) is 10.5. The molecule has 14 heavy (non-hydrogen) atoms. The molecule has 0 aliphatic heterocycles. The summed E-state index contributed by atoms with van der Waals surface area (Å²) >= 11 is 0. The lowest BCUT2D eigenvalue weighted by Gasteiger charge is -2.16. The van der Waals surface area contributed by atoms with Crippen LogP contribution in [0.2, 0.25) is 0 Å². The summed E-state index contributed by atoms with van der Waals surface area (Å²) in [5, 5.41) is 3.20. The number of nitrogens with one attached hydrogen (secondary N) is 1. The van der Waals surface area contributed by atoms with Gasteiger partial charge in [-0.1, -0.05) is 39.8 Å².